The quantitative estimate of drug-likeness (QED) is 0.157. The van der Waals surface area contributed by atoms with Crippen molar-refractivity contribution in [1.82, 2.24) is 0 Å². The van der Waals surface area contributed by atoms with Crippen molar-refractivity contribution in [2.45, 2.75) is 24.2 Å². The van der Waals surface area contributed by atoms with Gasteiger partial charge in [0.25, 0.3) is 0 Å². The van der Waals surface area contributed by atoms with Crippen LogP contribution in [0.3, 0.4) is 0 Å². The monoisotopic (exact) mass is 679 g/mol. The first-order chi connectivity index (χ1) is 24.7. The number of hydrogen-bond donors (Lipinski definition) is 3. The normalized spacial score (nSPS) is 26.9. The second-order valence-electron chi connectivity index (χ2n) is 13.7. The third-order valence-electron chi connectivity index (χ3n) is 11.4. The number of anilines is 1. The van der Waals surface area contributed by atoms with Crippen molar-refractivity contribution >= 4 is 47.2 Å². The summed E-state index contributed by atoms with van der Waals surface area (Å²) in [6.45, 7) is 0. The van der Waals surface area contributed by atoms with Crippen LogP contribution >= 0.6 is 0 Å². The number of hydrogen-bond acceptors (Lipinski definition) is 8. The van der Waals surface area contributed by atoms with Gasteiger partial charge in [-0.2, -0.15) is 0 Å². The molecule has 3 N–H and O–H groups in total. The topological polar surface area (TPSA) is 141 Å². The Hall–Kier alpha value is -5.58. The van der Waals surface area contributed by atoms with Crippen molar-refractivity contribution in [3.63, 3.8) is 0 Å². The molecule has 1 heterocycles. The van der Waals surface area contributed by atoms with Crippen LogP contribution in [0.2, 0.25) is 0 Å². The number of carbonyl (C=O) groups is 4. The van der Waals surface area contributed by atoms with E-state index >= 15 is 9.59 Å². The van der Waals surface area contributed by atoms with Gasteiger partial charge in [0.1, 0.15) is 11.5 Å². The number of aromatic hydroxyl groups is 1. The van der Waals surface area contributed by atoms with Crippen LogP contribution in [-0.4, -0.2) is 52.8 Å². The highest BCUT2D eigenvalue weighted by atomic mass is 16.5. The molecule has 51 heavy (non-hydrogen) atoms. The van der Waals surface area contributed by atoms with Gasteiger partial charge in [0.05, 0.1) is 30.0 Å². The van der Waals surface area contributed by atoms with Gasteiger partial charge in [0.15, 0.2) is 11.6 Å². The molecule has 0 radical (unpaired) electrons. The summed E-state index contributed by atoms with van der Waals surface area (Å²) >= 11 is 0. The molecule has 0 unspecified atom stereocenters. The molecule has 4 aromatic rings. The van der Waals surface area contributed by atoms with Gasteiger partial charge in [0.2, 0.25) is 11.8 Å². The summed E-state index contributed by atoms with van der Waals surface area (Å²) in [4.78, 5) is 60.0. The van der Waals surface area contributed by atoms with E-state index in [2.05, 4.69) is 0 Å². The summed E-state index contributed by atoms with van der Waals surface area (Å²) in [5.41, 5.74) is 1.33. The number of rotatable bonds is 6. The molecule has 4 aromatic carbocycles. The Labute approximate surface area is 294 Å². The standard InChI is InChI=1S/C41H34BNO8/c1-51-33-17-9-16-32(44)36(33)37-27-18-19-28-35(40(48)43(39(28)47)26-15-8-14-25(20-26)42(49)50)30(27)21-31-38(46)29(23-10-4-2-5-11-23)22-34(45)41(31,37)24-12-6-3-7-13-24/h2-18,20,22,28,30-31,35,37,44,49-50H,19,21H2,1H3/t28-,30+,31-,35-,37+,41-/m0/s1. The molecule has 1 aliphatic heterocycles. The lowest BCUT2D eigenvalue weighted by molar-refractivity contribution is -0.135. The zero-order valence-electron chi connectivity index (χ0n) is 27.7. The van der Waals surface area contributed by atoms with Gasteiger partial charge in [-0.3, -0.25) is 24.1 Å². The number of ketones is 2. The van der Waals surface area contributed by atoms with E-state index in [4.69, 9.17) is 4.74 Å². The third-order valence-corrected chi connectivity index (χ3v) is 11.4. The van der Waals surface area contributed by atoms with E-state index in [1.54, 1.807) is 48.5 Å². The molecular weight excluding hydrogens is 645 g/mol. The smallest absolute Gasteiger partial charge is 0.488 e. The molecule has 9 nitrogen and oxygen atoms in total. The van der Waals surface area contributed by atoms with Gasteiger partial charge in [-0.15, -0.1) is 0 Å². The van der Waals surface area contributed by atoms with E-state index in [0.717, 1.165) is 4.90 Å². The Morgan fingerprint density at radius 3 is 2.24 bits per heavy atom. The lowest BCUT2D eigenvalue weighted by Crippen LogP contribution is -2.58. The summed E-state index contributed by atoms with van der Waals surface area (Å²) in [6, 6.07) is 29.0. The van der Waals surface area contributed by atoms with Crippen LogP contribution in [0.15, 0.2) is 121 Å². The highest BCUT2D eigenvalue weighted by molar-refractivity contribution is 6.58. The van der Waals surface area contributed by atoms with E-state index in [9.17, 15) is 24.7 Å². The Kier molecular flexibility index (Phi) is 7.89. The maximum atomic E-state index is 15.2. The summed E-state index contributed by atoms with van der Waals surface area (Å²) in [5, 5.41) is 31.3. The molecule has 0 aromatic heterocycles. The molecule has 3 aliphatic carbocycles. The number of benzene rings is 4. The number of Topliss-reactive ketones (excluding diaryl/α,β-unsaturated/α-hetero) is 1. The number of nitrogens with zero attached hydrogens (tertiary/aromatic N) is 1. The summed E-state index contributed by atoms with van der Waals surface area (Å²) in [7, 11) is -0.319. The van der Waals surface area contributed by atoms with Gasteiger partial charge in [-0.1, -0.05) is 90.5 Å². The van der Waals surface area contributed by atoms with E-state index in [0.29, 0.717) is 28.0 Å². The fourth-order valence-corrected chi connectivity index (χ4v) is 9.27. The lowest BCUT2D eigenvalue weighted by Gasteiger charge is -2.55. The Bertz CT molecular complexity index is 2160. The number of carbonyl (C=O) groups excluding carboxylic acids is 4. The number of fused-ring (bicyclic) bond motifs is 4. The Balaban J connectivity index is 1.37. The first-order valence-electron chi connectivity index (χ1n) is 17.0. The van der Waals surface area contributed by atoms with Crippen molar-refractivity contribution < 1.29 is 39.1 Å². The number of allylic oxidation sites excluding steroid dienone is 4. The van der Waals surface area contributed by atoms with Crippen molar-refractivity contribution in [3.05, 3.63) is 138 Å². The molecule has 2 fully saturated rings. The maximum Gasteiger partial charge on any atom is 0.488 e. The molecule has 1 saturated heterocycles. The SMILES string of the molecule is COc1cccc(O)c1[C@H]1C2=CC[C@@H]3C(=O)N(c4cccc(B(O)O)c4)C(=O)[C@@H]3[C@@H]2C[C@H]2C(=O)C(c3ccccc3)=CC(=O)[C@@]12c1ccccc1. The highest BCUT2D eigenvalue weighted by Crippen LogP contribution is 2.65. The van der Waals surface area contributed by atoms with Crippen LogP contribution in [0.5, 0.6) is 11.5 Å². The second kappa shape index (κ2) is 12.3. The average Bonchev–Trinajstić information content (AvgIpc) is 3.41. The molecule has 1 saturated carbocycles. The average molecular weight is 680 g/mol. The molecule has 254 valence electrons. The number of ether oxygens (including phenoxy) is 1. The molecule has 8 rings (SSSR count). The summed E-state index contributed by atoms with van der Waals surface area (Å²) < 4.78 is 5.83. The van der Waals surface area contributed by atoms with Crippen LogP contribution in [0.25, 0.3) is 5.57 Å². The minimum Gasteiger partial charge on any atom is -0.508 e. The molecule has 10 heteroatoms. The summed E-state index contributed by atoms with van der Waals surface area (Å²) in [6.07, 6.45) is 3.64. The third kappa shape index (κ3) is 4.77. The van der Waals surface area contributed by atoms with Gasteiger partial charge in [-0.05, 0) is 65.7 Å². The zero-order valence-corrected chi connectivity index (χ0v) is 27.7. The van der Waals surface area contributed by atoms with E-state index < -0.39 is 53.9 Å². The van der Waals surface area contributed by atoms with Crippen LogP contribution in [-0.2, 0) is 24.6 Å². The second-order valence-corrected chi connectivity index (χ2v) is 13.7. The minimum absolute atomic E-state index is 0.102. The fourth-order valence-electron chi connectivity index (χ4n) is 9.27. The zero-order chi connectivity index (χ0) is 35.6. The highest BCUT2D eigenvalue weighted by Gasteiger charge is 2.66. The van der Waals surface area contributed by atoms with E-state index in [-0.39, 0.29) is 46.9 Å². The van der Waals surface area contributed by atoms with Crippen molar-refractivity contribution in [1.29, 1.82) is 0 Å². The van der Waals surface area contributed by atoms with E-state index in [1.165, 1.54) is 31.4 Å². The van der Waals surface area contributed by atoms with Gasteiger partial charge in [-0.25, -0.2) is 0 Å². The number of imide groups is 1. The molecule has 0 bridgehead atoms. The largest absolute Gasteiger partial charge is 0.508 e. The van der Waals surface area contributed by atoms with E-state index in [1.807, 2.05) is 42.5 Å². The van der Waals surface area contributed by atoms with Crippen LogP contribution in [0.4, 0.5) is 5.69 Å². The Morgan fingerprint density at radius 2 is 1.53 bits per heavy atom. The molecule has 4 aliphatic rings. The molecular formula is C41H34BNO8. The fraction of sp³-hybridized carbons (Fsp3) is 0.220. The first-order valence-corrected chi connectivity index (χ1v) is 17.0. The van der Waals surface area contributed by atoms with Gasteiger partial charge >= 0.3 is 7.12 Å². The predicted octanol–water partition coefficient (Wildman–Crippen LogP) is 4.11. The molecule has 0 spiro atoms. The lowest BCUT2D eigenvalue weighted by atomic mass is 9.44. The van der Waals surface area contributed by atoms with Crippen LogP contribution < -0.4 is 15.1 Å². The van der Waals surface area contributed by atoms with Gasteiger partial charge < -0.3 is 19.9 Å². The number of methoxy groups -OCH3 is 1. The molecule has 6 atom stereocenters. The predicted molar refractivity (Wildman–Crippen MR) is 190 cm³/mol. The van der Waals surface area contributed by atoms with Gasteiger partial charge in [0, 0.05) is 23.0 Å². The van der Waals surface area contributed by atoms with Crippen molar-refractivity contribution in [2.75, 3.05) is 12.0 Å². The first kappa shape index (κ1) is 32.6. The van der Waals surface area contributed by atoms with Crippen molar-refractivity contribution in [3.8, 4) is 11.5 Å². The maximum absolute atomic E-state index is 15.2. The Morgan fingerprint density at radius 1 is 0.824 bits per heavy atom. The van der Waals surface area contributed by atoms with Crippen molar-refractivity contribution in [2.24, 2.45) is 23.7 Å². The van der Waals surface area contributed by atoms with Crippen LogP contribution in [0.1, 0.15) is 35.4 Å². The number of phenolic OH excluding ortho intramolecular Hbond substituents is 1. The number of phenols is 1. The molecule has 2 amide bonds. The number of amides is 2. The summed E-state index contributed by atoms with van der Waals surface area (Å²) in [5.74, 6) is -5.43. The van der Waals surface area contributed by atoms with Crippen LogP contribution in [0, 0.1) is 23.7 Å². The minimum atomic E-state index is -1.80.